The highest BCUT2D eigenvalue weighted by Gasteiger charge is 2.35. The molecule has 4 heterocycles. The van der Waals surface area contributed by atoms with Gasteiger partial charge in [-0.3, -0.25) is 4.90 Å². The average molecular weight is 575 g/mol. The summed E-state index contributed by atoms with van der Waals surface area (Å²) in [4.78, 5) is 31.1. The molecule has 2 saturated heterocycles. The van der Waals surface area contributed by atoms with Crippen LogP contribution in [-0.2, 0) is 4.74 Å². The predicted octanol–water partition coefficient (Wildman–Crippen LogP) is 7.78. The number of aromatic nitrogens is 4. The van der Waals surface area contributed by atoms with Gasteiger partial charge in [-0.15, -0.1) is 0 Å². The number of nitrogens with zero attached hydrogens (tertiary/aromatic N) is 3. The summed E-state index contributed by atoms with van der Waals surface area (Å²) < 4.78 is 5.67. The quantitative estimate of drug-likeness (QED) is 0.199. The van der Waals surface area contributed by atoms with Gasteiger partial charge in [0.05, 0.1) is 35.9 Å². The van der Waals surface area contributed by atoms with E-state index >= 15 is 0 Å². The number of H-pyrrole nitrogens is 2. The fourth-order valence-electron chi connectivity index (χ4n) is 6.43. The van der Waals surface area contributed by atoms with Gasteiger partial charge in [0.25, 0.3) is 0 Å². The highest BCUT2D eigenvalue weighted by molar-refractivity contribution is 6.04. The number of hydrogen-bond acceptors (Lipinski definition) is 5. The van der Waals surface area contributed by atoms with Gasteiger partial charge < -0.3 is 20.0 Å². The molecule has 1 amide bonds. The monoisotopic (exact) mass is 574 g/mol. The summed E-state index contributed by atoms with van der Waals surface area (Å²) in [6.07, 6.45) is 7.64. The Morgan fingerprint density at radius 2 is 1.49 bits per heavy atom. The van der Waals surface area contributed by atoms with E-state index < -0.39 is 5.60 Å². The normalized spacial score (nSPS) is 18.9. The molecule has 3 N–H and O–H groups in total. The van der Waals surface area contributed by atoms with Crippen molar-refractivity contribution >= 4 is 16.9 Å². The molecule has 0 radical (unpaired) electrons. The number of rotatable bonds is 5. The average Bonchev–Trinajstić information content (AvgIpc) is 3.82. The Morgan fingerprint density at radius 1 is 0.814 bits per heavy atom. The minimum Gasteiger partial charge on any atom is -0.444 e. The lowest BCUT2D eigenvalue weighted by Crippen LogP contribution is -2.36. The van der Waals surface area contributed by atoms with Crippen LogP contribution in [0.25, 0.3) is 44.4 Å². The summed E-state index contributed by atoms with van der Waals surface area (Å²) in [6.45, 7) is 7.41. The van der Waals surface area contributed by atoms with Crippen LogP contribution in [0.2, 0.25) is 0 Å². The standard InChI is InChI=1S/C35H38N6O2/c1-35(2,3)43-34(42)41-19-7-11-31(41)33-38-21-30(40-33)27-17-16-24(25-8-4-5-9-26(25)27)22-12-14-23(15-13-22)29-20-37-32(39-29)28-10-6-18-36-28/h4-5,8-9,12-17,20-21,28,31,36H,6-7,10-11,18-19H2,1-3H3,(H,37,39)(H,38,40). The number of carbonyl (C=O) groups excluding carboxylic acids is 1. The number of likely N-dealkylation sites (tertiary alicyclic amines) is 1. The van der Waals surface area contributed by atoms with Crippen LogP contribution in [-0.4, -0.2) is 49.6 Å². The summed E-state index contributed by atoms with van der Waals surface area (Å²) in [6, 6.07) is 21.8. The molecular weight excluding hydrogens is 536 g/mol. The topological polar surface area (TPSA) is 98.9 Å². The van der Waals surface area contributed by atoms with Crippen molar-refractivity contribution in [2.24, 2.45) is 0 Å². The van der Waals surface area contributed by atoms with Gasteiger partial charge in [0.2, 0.25) is 0 Å². The van der Waals surface area contributed by atoms with E-state index in [1.54, 1.807) is 4.90 Å². The third-order valence-electron chi connectivity index (χ3n) is 8.50. The first-order chi connectivity index (χ1) is 20.8. The Hall–Kier alpha value is -4.43. The molecular formula is C35H38N6O2. The van der Waals surface area contributed by atoms with Crippen LogP contribution in [0.5, 0.6) is 0 Å². The third-order valence-corrected chi connectivity index (χ3v) is 8.50. The summed E-state index contributed by atoms with van der Waals surface area (Å²) in [5, 5.41) is 5.84. The maximum atomic E-state index is 12.9. The van der Waals surface area contributed by atoms with Gasteiger partial charge in [-0.05, 0) is 80.5 Å². The molecule has 220 valence electrons. The van der Waals surface area contributed by atoms with Crippen molar-refractivity contribution in [2.75, 3.05) is 13.1 Å². The van der Waals surface area contributed by atoms with Gasteiger partial charge >= 0.3 is 6.09 Å². The molecule has 2 aliphatic rings. The number of imidazole rings is 2. The van der Waals surface area contributed by atoms with Gasteiger partial charge in [0, 0.05) is 12.1 Å². The zero-order valence-corrected chi connectivity index (χ0v) is 25.0. The number of ether oxygens (including phenoxy) is 1. The smallest absolute Gasteiger partial charge is 0.410 e. The molecule has 2 unspecified atom stereocenters. The number of fused-ring (bicyclic) bond motifs is 1. The zero-order valence-electron chi connectivity index (χ0n) is 25.0. The second kappa shape index (κ2) is 11.0. The second-order valence-corrected chi connectivity index (χ2v) is 12.6. The zero-order chi connectivity index (χ0) is 29.6. The Bertz CT molecular complexity index is 1760. The fourth-order valence-corrected chi connectivity index (χ4v) is 6.43. The van der Waals surface area contributed by atoms with E-state index in [-0.39, 0.29) is 12.1 Å². The van der Waals surface area contributed by atoms with Crippen molar-refractivity contribution in [1.82, 2.24) is 30.2 Å². The molecule has 2 aromatic heterocycles. The molecule has 3 aromatic carbocycles. The first-order valence-electron chi connectivity index (χ1n) is 15.3. The van der Waals surface area contributed by atoms with Crippen molar-refractivity contribution in [1.29, 1.82) is 0 Å². The maximum absolute atomic E-state index is 12.9. The van der Waals surface area contributed by atoms with E-state index in [0.717, 1.165) is 70.9 Å². The van der Waals surface area contributed by atoms with Gasteiger partial charge in [-0.1, -0.05) is 60.7 Å². The van der Waals surface area contributed by atoms with Crippen LogP contribution < -0.4 is 5.32 Å². The molecule has 7 rings (SSSR count). The summed E-state index contributed by atoms with van der Waals surface area (Å²) >= 11 is 0. The van der Waals surface area contributed by atoms with Gasteiger partial charge in [-0.2, -0.15) is 0 Å². The van der Waals surface area contributed by atoms with E-state index in [4.69, 9.17) is 9.72 Å². The molecule has 0 spiro atoms. The largest absolute Gasteiger partial charge is 0.444 e. The first kappa shape index (κ1) is 27.4. The third kappa shape index (κ3) is 5.43. The Kier molecular flexibility index (Phi) is 7.01. The molecule has 2 fully saturated rings. The molecule has 8 heteroatoms. The second-order valence-electron chi connectivity index (χ2n) is 12.6. The lowest BCUT2D eigenvalue weighted by atomic mass is 9.93. The molecule has 5 aromatic rings. The van der Waals surface area contributed by atoms with Crippen LogP contribution in [0, 0.1) is 0 Å². The van der Waals surface area contributed by atoms with Crippen LogP contribution >= 0.6 is 0 Å². The van der Waals surface area contributed by atoms with Crippen molar-refractivity contribution in [3.63, 3.8) is 0 Å². The summed E-state index contributed by atoms with van der Waals surface area (Å²) in [5.74, 6) is 1.82. The minimum absolute atomic E-state index is 0.118. The molecule has 2 aliphatic heterocycles. The molecule has 8 nitrogen and oxygen atoms in total. The molecule has 43 heavy (non-hydrogen) atoms. The van der Waals surface area contributed by atoms with Crippen molar-refractivity contribution in [2.45, 2.75) is 64.1 Å². The number of hydrogen-bond donors (Lipinski definition) is 3. The van der Waals surface area contributed by atoms with Crippen LogP contribution in [0.1, 0.15) is 70.2 Å². The molecule has 2 atom stereocenters. The van der Waals surface area contributed by atoms with Gasteiger partial charge in [0.1, 0.15) is 17.2 Å². The summed E-state index contributed by atoms with van der Waals surface area (Å²) in [7, 11) is 0. The SMILES string of the molecule is CC(C)(C)OC(=O)N1CCCC1c1ncc(-c2ccc(-c3ccc(-c4cnc(C5CCCN5)[nH]4)cc3)c3ccccc23)[nH]1. The summed E-state index contributed by atoms with van der Waals surface area (Å²) in [5.41, 5.74) is 6.00. The van der Waals surface area contributed by atoms with E-state index in [1.165, 1.54) is 17.4 Å². The van der Waals surface area contributed by atoms with Crippen LogP contribution in [0.15, 0.2) is 73.1 Å². The van der Waals surface area contributed by atoms with Gasteiger partial charge in [0.15, 0.2) is 0 Å². The highest BCUT2D eigenvalue weighted by atomic mass is 16.6. The van der Waals surface area contributed by atoms with Crippen LogP contribution in [0.3, 0.4) is 0 Å². The van der Waals surface area contributed by atoms with E-state index in [9.17, 15) is 4.79 Å². The van der Waals surface area contributed by atoms with Crippen molar-refractivity contribution in [3.8, 4) is 33.6 Å². The lowest BCUT2D eigenvalue weighted by Gasteiger charge is -2.27. The van der Waals surface area contributed by atoms with Crippen molar-refractivity contribution < 1.29 is 9.53 Å². The Balaban J connectivity index is 1.16. The van der Waals surface area contributed by atoms with E-state index in [1.807, 2.05) is 33.2 Å². The molecule has 0 bridgehead atoms. The molecule has 0 saturated carbocycles. The van der Waals surface area contributed by atoms with Crippen molar-refractivity contribution in [3.05, 3.63) is 84.7 Å². The predicted molar refractivity (Wildman–Crippen MR) is 169 cm³/mol. The number of carbonyl (C=O) groups is 1. The van der Waals surface area contributed by atoms with E-state index in [0.29, 0.717) is 12.6 Å². The fraction of sp³-hybridized carbons (Fsp3) is 0.343. The van der Waals surface area contributed by atoms with Crippen LogP contribution in [0.4, 0.5) is 4.79 Å². The molecule has 0 aliphatic carbocycles. The Labute approximate surface area is 251 Å². The number of amides is 1. The lowest BCUT2D eigenvalue weighted by molar-refractivity contribution is 0.0218. The number of benzene rings is 3. The Morgan fingerprint density at radius 3 is 2.23 bits per heavy atom. The number of aromatic amines is 2. The highest BCUT2D eigenvalue weighted by Crippen LogP contribution is 2.38. The maximum Gasteiger partial charge on any atom is 0.410 e. The van der Waals surface area contributed by atoms with E-state index in [2.05, 4.69) is 80.9 Å². The first-order valence-corrected chi connectivity index (χ1v) is 15.3. The number of nitrogens with one attached hydrogen (secondary N) is 3. The van der Waals surface area contributed by atoms with Gasteiger partial charge in [-0.25, -0.2) is 14.8 Å². The minimum atomic E-state index is -0.533.